The van der Waals surface area contributed by atoms with Gasteiger partial charge < -0.3 is 15.2 Å². The average Bonchev–Trinajstić information content (AvgIpc) is 2.65. The summed E-state index contributed by atoms with van der Waals surface area (Å²) in [7, 11) is 0. The molecule has 3 aromatic rings. The predicted molar refractivity (Wildman–Crippen MR) is 101 cm³/mol. The van der Waals surface area contributed by atoms with Crippen LogP contribution in [-0.4, -0.2) is 22.9 Å². The molecule has 0 bridgehead atoms. The first kappa shape index (κ1) is 18.3. The van der Waals surface area contributed by atoms with E-state index in [1.165, 1.54) is 10.6 Å². The number of hydrogen-bond donors (Lipinski definition) is 2. The zero-order valence-corrected chi connectivity index (χ0v) is 14.7. The van der Waals surface area contributed by atoms with Crippen LogP contribution in [0.3, 0.4) is 0 Å². The fourth-order valence-electron chi connectivity index (χ4n) is 2.62. The highest BCUT2D eigenvalue weighted by molar-refractivity contribution is 5.94. The molecule has 1 aromatic heterocycles. The Morgan fingerprint density at radius 2 is 1.85 bits per heavy atom. The molecule has 7 heteroatoms. The van der Waals surface area contributed by atoms with Crippen LogP contribution in [0, 0.1) is 12.7 Å². The SMILES string of the molecule is Cc1ccc(NC(=O)CNC(=O)Cn2ccc3ccccc3c2=O)cc1F. The lowest BCUT2D eigenvalue weighted by atomic mass is 10.2. The summed E-state index contributed by atoms with van der Waals surface area (Å²) in [4.78, 5) is 36.3. The Kier molecular flexibility index (Phi) is 5.30. The summed E-state index contributed by atoms with van der Waals surface area (Å²) in [6.45, 7) is 1.14. The van der Waals surface area contributed by atoms with Crippen LogP contribution >= 0.6 is 0 Å². The molecule has 0 saturated heterocycles. The summed E-state index contributed by atoms with van der Waals surface area (Å²) < 4.78 is 14.8. The van der Waals surface area contributed by atoms with Gasteiger partial charge in [-0.15, -0.1) is 0 Å². The first-order chi connectivity index (χ1) is 12.9. The van der Waals surface area contributed by atoms with E-state index >= 15 is 0 Å². The molecule has 0 aliphatic carbocycles. The van der Waals surface area contributed by atoms with Crippen molar-refractivity contribution < 1.29 is 14.0 Å². The summed E-state index contributed by atoms with van der Waals surface area (Å²) in [5.41, 5.74) is 0.507. The standard InChI is InChI=1S/C20H18FN3O3/c1-13-6-7-15(10-17(13)21)23-18(25)11-22-19(26)12-24-9-8-14-4-2-3-5-16(14)20(24)27/h2-10H,11-12H2,1H3,(H,22,26)(H,23,25). The summed E-state index contributed by atoms with van der Waals surface area (Å²) in [5.74, 6) is -1.39. The molecule has 2 amide bonds. The van der Waals surface area contributed by atoms with Crippen LogP contribution < -0.4 is 16.2 Å². The molecule has 0 aliphatic rings. The number of halogens is 1. The zero-order valence-electron chi connectivity index (χ0n) is 14.7. The highest BCUT2D eigenvalue weighted by Gasteiger charge is 2.10. The van der Waals surface area contributed by atoms with E-state index in [1.807, 2.05) is 12.1 Å². The van der Waals surface area contributed by atoms with Crippen LogP contribution in [0.4, 0.5) is 10.1 Å². The molecule has 1 heterocycles. The Labute approximate surface area is 154 Å². The Balaban J connectivity index is 1.58. The largest absolute Gasteiger partial charge is 0.345 e. The number of hydrogen-bond acceptors (Lipinski definition) is 3. The molecule has 138 valence electrons. The lowest BCUT2D eigenvalue weighted by Crippen LogP contribution is -2.37. The topological polar surface area (TPSA) is 80.2 Å². The van der Waals surface area contributed by atoms with Crippen molar-refractivity contribution in [2.75, 3.05) is 11.9 Å². The van der Waals surface area contributed by atoms with E-state index in [-0.39, 0.29) is 18.6 Å². The maximum Gasteiger partial charge on any atom is 0.258 e. The fraction of sp³-hybridized carbons (Fsp3) is 0.150. The minimum atomic E-state index is -0.488. The number of rotatable bonds is 5. The molecule has 0 radical (unpaired) electrons. The highest BCUT2D eigenvalue weighted by atomic mass is 19.1. The van der Waals surface area contributed by atoms with Gasteiger partial charge in [-0.3, -0.25) is 14.4 Å². The third-order valence-electron chi connectivity index (χ3n) is 4.10. The molecule has 2 N–H and O–H groups in total. The van der Waals surface area contributed by atoms with E-state index in [9.17, 15) is 18.8 Å². The Hall–Kier alpha value is -3.48. The number of carbonyl (C=O) groups excluding carboxylic acids is 2. The van der Waals surface area contributed by atoms with E-state index in [2.05, 4.69) is 10.6 Å². The molecule has 0 fully saturated rings. The van der Waals surface area contributed by atoms with Crippen LogP contribution in [0.1, 0.15) is 5.56 Å². The van der Waals surface area contributed by atoms with Crippen molar-refractivity contribution in [1.29, 1.82) is 0 Å². The lowest BCUT2D eigenvalue weighted by molar-refractivity contribution is -0.124. The van der Waals surface area contributed by atoms with Crippen LogP contribution in [0.25, 0.3) is 10.8 Å². The van der Waals surface area contributed by atoms with Gasteiger partial charge in [-0.05, 0) is 42.1 Å². The van der Waals surface area contributed by atoms with Crippen LogP contribution in [0.15, 0.2) is 59.5 Å². The molecule has 2 aromatic carbocycles. The van der Waals surface area contributed by atoms with Gasteiger partial charge in [0.25, 0.3) is 5.56 Å². The van der Waals surface area contributed by atoms with E-state index in [0.29, 0.717) is 16.6 Å². The Bertz CT molecular complexity index is 1080. The second-order valence-corrected chi connectivity index (χ2v) is 6.12. The second-order valence-electron chi connectivity index (χ2n) is 6.12. The number of aromatic nitrogens is 1. The summed E-state index contributed by atoms with van der Waals surface area (Å²) in [5, 5.41) is 6.27. The van der Waals surface area contributed by atoms with Gasteiger partial charge in [-0.25, -0.2) is 4.39 Å². The number of amides is 2. The van der Waals surface area contributed by atoms with Gasteiger partial charge in [0.1, 0.15) is 12.4 Å². The first-order valence-electron chi connectivity index (χ1n) is 8.35. The molecule has 6 nitrogen and oxygen atoms in total. The molecule has 0 saturated carbocycles. The second kappa shape index (κ2) is 7.82. The van der Waals surface area contributed by atoms with Crippen molar-refractivity contribution in [1.82, 2.24) is 9.88 Å². The van der Waals surface area contributed by atoms with E-state index < -0.39 is 17.6 Å². The third-order valence-corrected chi connectivity index (χ3v) is 4.10. The maximum atomic E-state index is 13.5. The van der Waals surface area contributed by atoms with Gasteiger partial charge in [0.15, 0.2) is 0 Å². The molecule has 0 aliphatic heterocycles. The number of pyridine rings is 1. The maximum absolute atomic E-state index is 13.5. The summed E-state index contributed by atoms with van der Waals surface area (Å²) in [6.07, 6.45) is 1.54. The van der Waals surface area contributed by atoms with Gasteiger partial charge in [-0.1, -0.05) is 24.3 Å². The summed E-state index contributed by atoms with van der Waals surface area (Å²) in [6, 6.07) is 13.2. The van der Waals surface area contributed by atoms with Crippen LogP contribution in [-0.2, 0) is 16.1 Å². The normalized spacial score (nSPS) is 10.6. The van der Waals surface area contributed by atoms with Crippen LogP contribution in [0.5, 0.6) is 0 Å². The molecule has 0 spiro atoms. The minimum Gasteiger partial charge on any atom is -0.345 e. The van der Waals surface area contributed by atoms with E-state index in [4.69, 9.17) is 0 Å². The molecular formula is C20H18FN3O3. The number of benzene rings is 2. The van der Waals surface area contributed by atoms with Gasteiger partial charge in [-0.2, -0.15) is 0 Å². The van der Waals surface area contributed by atoms with Crippen molar-refractivity contribution in [3.63, 3.8) is 0 Å². The third kappa shape index (κ3) is 4.38. The predicted octanol–water partition coefficient (Wildman–Crippen LogP) is 2.20. The van der Waals surface area contributed by atoms with Crippen molar-refractivity contribution in [3.8, 4) is 0 Å². The molecular weight excluding hydrogens is 349 g/mol. The van der Waals surface area contributed by atoms with Gasteiger partial charge >= 0.3 is 0 Å². The van der Waals surface area contributed by atoms with Gasteiger partial charge in [0, 0.05) is 17.3 Å². The highest BCUT2D eigenvalue weighted by Crippen LogP contribution is 2.13. The number of nitrogens with zero attached hydrogens (tertiary/aromatic N) is 1. The van der Waals surface area contributed by atoms with E-state index in [1.54, 1.807) is 43.5 Å². The van der Waals surface area contributed by atoms with Gasteiger partial charge in [0.2, 0.25) is 11.8 Å². The monoisotopic (exact) mass is 367 g/mol. The Morgan fingerprint density at radius 3 is 2.63 bits per heavy atom. The van der Waals surface area contributed by atoms with Crippen molar-refractivity contribution in [3.05, 3.63) is 76.5 Å². The number of anilines is 1. The average molecular weight is 367 g/mol. The minimum absolute atomic E-state index is 0.198. The molecule has 27 heavy (non-hydrogen) atoms. The first-order valence-corrected chi connectivity index (χ1v) is 8.35. The number of fused-ring (bicyclic) bond motifs is 1. The van der Waals surface area contributed by atoms with Crippen molar-refractivity contribution >= 4 is 28.3 Å². The van der Waals surface area contributed by atoms with Gasteiger partial charge in [0.05, 0.1) is 6.54 Å². The molecule has 0 unspecified atom stereocenters. The Morgan fingerprint density at radius 1 is 1.07 bits per heavy atom. The van der Waals surface area contributed by atoms with E-state index in [0.717, 1.165) is 5.39 Å². The fourth-order valence-corrected chi connectivity index (χ4v) is 2.62. The molecule has 3 rings (SSSR count). The molecule has 0 atom stereocenters. The van der Waals surface area contributed by atoms with Crippen LogP contribution in [0.2, 0.25) is 0 Å². The quantitative estimate of drug-likeness (QED) is 0.726. The number of carbonyl (C=O) groups is 2. The van der Waals surface area contributed by atoms with Crippen molar-refractivity contribution in [2.45, 2.75) is 13.5 Å². The number of nitrogens with one attached hydrogen (secondary N) is 2. The van der Waals surface area contributed by atoms with Crippen molar-refractivity contribution in [2.24, 2.45) is 0 Å². The number of aryl methyl sites for hydroxylation is 1. The smallest absolute Gasteiger partial charge is 0.258 e. The zero-order chi connectivity index (χ0) is 19.4. The summed E-state index contributed by atoms with van der Waals surface area (Å²) >= 11 is 0. The lowest BCUT2D eigenvalue weighted by Gasteiger charge is -2.09.